The summed E-state index contributed by atoms with van der Waals surface area (Å²) in [6, 6.07) is -0.270. The summed E-state index contributed by atoms with van der Waals surface area (Å²) in [6.07, 6.45) is 10.2. The van der Waals surface area contributed by atoms with Gasteiger partial charge in [-0.25, -0.2) is 0 Å². The normalized spacial score (nSPS) is 20.6. The first-order chi connectivity index (χ1) is 9.69. The van der Waals surface area contributed by atoms with Crippen LogP contribution in [0, 0.1) is 30.1 Å². The lowest BCUT2D eigenvalue weighted by Gasteiger charge is -2.21. The van der Waals surface area contributed by atoms with Crippen LogP contribution < -0.4 is 5.48 Å². The van der Waals surface area contributed by atoms with Gasteiger partial charge in [-0.15, -0.1) is 11.4 Å². The van der Waals surface area contributed by atoms with E-state index in [1.807, 2.05) is 13.0 Å². The zero-order valence-corrected chi connectivity index (χ0v) is 11.2. The molecule has 1 aliphatic rings. The zero-order valence-electron chi connectivity index (χ0n) is 11.2. The van der Waals surface area contributed by atoms with Gasteiger partial charge in [0.15, 0.2) is 0 Å². The molecule has 0 aliphatic heterocycles. The molecule has 20 heavy (non-hydrogen) atoms. The molecule has 0 amide bonds. The number of carbonyl (C=O) groups is 1. The van der Waals surface area contributed by atoms with Gasteiger partial charge in [-0.05, 0) is 28.8 Å². The Balaban J connectivity index is 2.43. The maximum absolute atomic E-state index is 11.6. The van der Waals surface area contributed by atoms with Crippen molar-refractivity contribution in [1.29, 1.82) is 0 Å². The molecule has 1 N–H and O–H groups in total. The predicted octanol–water partition coefficient (Wildman–Crippen LogP) is 1.03. The molecular weight excluding hydrogens is 262 g/mol. The second kappa shape index (κ2) is 9.05. The number of allylic oxidation sites excluding steroid dienone is 2. The van der Waals surface area contributed by atoms with Gasteiger partial charge in [0.25, 0.3) is 0 Å². The number of hydrogen-bond acceptors (Lipinski definition) is 6. The number of rotatable bonds is 7. The van der Waals surface area contributed by atoms with Gasteiger partial charge in [-0.2, -0.15) is 10.4 Å². The van der Waals surface area contributed by atoms with Crippen LogP contribution in [0.15, 0.2) is 23.8 Å². The minimum atomic E-state index is -0.270. The summed E-state index contributed by atoms with van der Waals surface area (Å²) in [6.45, 7) is 3.48. The van der Waals surface area contributed by atoms with Crippen molar-refractivity contribution >= 4 is 5.78 Å². The van der Waals surface area contributed by atoms with Crippen molar-refractivity contribution in [1.82, 2.24) is 5.48 Å². The Morgan fingerprint density at radius 2 is 2.30 bits per heavy atom. The van der Waals surface area contributed by atoms with Crippen LogP contribution in [0.5, 0.6) is 0 Å². The Kier molecular flexibility index (Phi) is 7.30. The molecule has 0 aromatic rings. The molecule has 2 atom stereocenters. The second-order valence-corrected chi connectivity index (χ2v) is 3.87. The third-order valence-corrected chi connectivity index (χ3v) is 2.44. The van der Waals surface area contributed by atoms with Crippen LogP contribution in [0.3, 0.4) is 0 Å². The van der Waals surface area contributed by atoms with Crippen molar-refractivity contribution in [2.24, 2.45) is 5.92 Å². The van der Waals surface area contributed by atoms with Gasteiger partial charge < -0.3 is 0 Å². The van der Waals surface area contributed by atoms with Gasteiger partial charge in [0.2, 0.25) is 5.78 Å². The van der Waals surface area contributed by atoms with E-state index in [1.165, 1.54) is 0 Å². The highest BCUT2D eigenvalue weighted by atomic mass is 17.7. The smallest absolute Gasteiger partial charge is 0.235 e. The highest BCUT2D eigenvalue weighted by molar-refractivity contribution is 6.10. The number of carbonyl (C=O) groups excluding carboxylic acids is 1. The molecule has 0 fully saturated rings. The number of nitrogens with one attached hydrogen (secondary N) is 1. The lowest BCUT2D eigenvalue weighted by atomic mass is 9.92. The average molecular weight is 277 g/mol. The molecule has 0 aromatic carbocycles. The third-order valence-electron chi connectivity index (χ3n) is 2.44. The van der Waals surface area contributed by atoms with Gasteiger partial charge in [0.05, 0.1) is 6.04 Å². The van der Waals surface area contributed by atoms with Crippen molar-refractivity contribution < 1.29 is 24.7 Å². The topological polar surface area (TPSA) is 66.0 Å². The standard InChI is InChI=1S/C14H15NO5/c1-4-6-14(16)12-8-7-11(3)13(10-12)15-18-20-19-17-9-5-2/h2,7-8,10-11,13,15H,9H2,1,3H3. The molecule has 0 saturated heterocycles. The van der Waals surface area contributed by atoms with E-state index < -0.39 is 0 Å². The van der Waals surface area contributed by atoms with Crippen LogP contribution in [-0.4, -0.2) is 18.4 Å². The van der Waals surface area contributed by atoms with Gasteiger partial charge in [0, 0.05) is 5.57 Å². The van der Waals surface area contributed by atoms with Crippen LogP contribution in [0.2, 0.25) is 0 Å². The minimum absolute atomic E-state index is 0.0693. The SMILES string of the molecule is C#CCOOOONC1C=C(C(=O)C#CC)C=CC1C. The Bertz CT molecular complexity index is 492. The highest BCUT2D eigenvalue weighted by Crippen LogP contribution is 2.17. The summed E-state index contributed by atoms with van der Waals surface area (Å²) in [7, 11) is 0. The molecule has 0 radical (unpaired) electrons. The van der Waals surface area contributed by atoms with Gasteiger partial charge in [-0.1, -0.05) is 37.0 Å². The van der Waals surface area contributed by atoms with Crippen molar-refractivity contribution in [2.75, 3.05) is 6.61 Å². The number of hydrogen-bond donors (Lipinski definition) is 1. The zero-order chi connectivity index (χ0) is 14.8. The molecule has 1 rings (SSSR count). The van der Waals surface area contributed by atoms with Crippen molar-refractivity contribution in [3.8, 4) is 24.2 Å². The fraction of sp³-hybridized carbons (Fsp3) is 0.357. The average Bonchev–Trinajstić information content (AvgIpc) is 2.44. The first-order valence-corrected chi connectivity index (χ1v) is 5.87. The molecule has 2 unspecified atom stereocenters. The summed E-state index contributed by atoms with van der Waals surface area (Å²) >= 11 is 0. The van der Waals surface area contributed by atoms with Gasteiger partial charge in [-0.3, -0.25) is 4.79 Å². The van der Waals surface area contributed by atoms with E-state index >= 15 is 0 Å². The number of Topliss-reactive ketones (excluding diaryl/α,β-unsaturated/α-hetero) is 1. The van der Waals surface area contributed by atoms with Gasteiger partial charge in [0.1, 0.15) is 6.61 Å². The Labute approximate surface area is 117 Å². The van der Waals surface area contributed by atoms with E-state index in [0.717, 1.165) is 0 Å². The molecule has 1 aliphatic carbocycles. The lowest BCUT2D eigenvalue weighted by molar-refractivity contribution is -0.645. The Morgan fingerprint density at radius 3 is 3.00 bits per heavy atom. The predicted molar refractivity (Wildman–Crippen MR) is 69.8 cm³/mol. The summed E-state index contributed by atoms with van der Waals surface area (Å²) in [5, 5.41) is 8.39. The molecule has 0 spiro atoms. The first-order valence-electron chi connectivity index (χ1n) is 5.87. The van der Waals surface area contributed by atoms with Crippen molar-refractivity contribution in [3.05, 3.63) is 23.8 Å². The fourth-order valence-electron chi connectivity index (χ4n) is 1.42. The summed E-state index contributed by atoms with van der Waals surface area (Å²) < 4.78 is 0. The maximum Gasteiger partial charge on any atom is 0.235 e. The van der Waals surface area contributed by atoms with E-state index in [0.29, 0.717) is 5.57 Å². The van der Waals surface area contributed by atoms with Crippen LogP contribution in [0.1, 0.15) is 13.8 Å². The largest absolute Gasteiger partial charge is 0.279 e. The fourth-order valence-corrected chi connectivity index (χ4v) is 1.42. The molecule has 0 saturated carbocycles. The van der Waals surface area contributed by atoms with Crippen molar-refractivity contribution in [3.63, 3.8) is 0 Å². The van der Waals surface area contributed by atoms with E-state index in [1.54, 1.807) is 19.1 Å². The highest BCUT2D eigenvalue weighted by Gasteiger charge is 2.19. The van der Waals surface area contributed by atoms with Crippen LogP contribution in [0.4, 0.5) is 0 Å². The first kappa shape index (κ1) is 16.1. The van der Waals surface area contributed by atoms with E-state index in [4.69, 9.17) is 6.42 Å². The molecule has 106 valence electrons. The molecule has 6 heteroatoms. The third kappa shape index (κ3) is 5.37. The quantitative estimate of drug-likeness (QED) is 0.246. The summed E-state index contributed by atoms with van der Waals surface area (Å²) in [5.74, 6) is 7.04. The number of hydroxylamine groups is 1. The molecule has 0 heterocycles. The molecule has 6 nitrogen and oxygen atoms in total. The van der Waals surface area contributed by atoms with Crippen molar-refractivity contribution in [2.45, 2.75) is 19.9 Å². The van der Waals surface area contributed by atoms with Crippen LogP contribution >= 0.6 is 0 Å². The van der Waals surface area contributed by atoms with E-state index in [-0.39, 0.29) is 24.3 Å². The van der Waals surface area contributed by atoms with E-state index in [2.05, 4.69) is 43.2 Å². The van der Waals surface area contributed by atoms with Gasteiger partial charge >= 0.3 is 0 Å². The Morgan fingerprint density at radius 1 is 1.50 bits per heavy atom. The van der Waals surface area contributed by atoms with Crippen LogP contribution in [-0.2, 0) is 24.7 Å². The monoisotopic (exact) mass is 277 g/mol. The molecular formula is C14H15NO5. The molecule has 0 bridgehead atoms. The number of ketones is 1. The summed E-state index contributed by atoms with van der Waals surface area (Å²) in [4.78, 5) is 20.6. The van der Waals surface area contributed by atoms with E-state index in [9.17, 15) is 4.79 Å². The lowest BCUT2D eigenvalue weighted by Crippen LogP contribution is -2.34. The van der Waals surface area contributed by atoms with Crippen LogP contribution in [0.25, 0.3) is 0 Å². The Hall–Kier alpha value is -1.93. The molecule has 0 aromatic heterocycles. The maximum atomic E-state index is 11.6. The minimum Gasteiger partial charge on any atom is -0.279 e. The second-order valence-electron chi connectivity index (χ2n) is 3.87. The number of terminal acetylenes is 1. The summed E-state index contributed by atoms with van der Waals surface area (Å²) in [5.41, 5.74) is 3.06.